The summed E-state index contributed by atoms with van der Waals surface area (Å²) in [6.45, 7) is 1.89. The molecule has 1 aromatic rings. The highest BCUT2D eigenvalue weighted by molar-refractivity contribution is 5.53. The van der Waals surface area contributed by atoms with Gasteiger partial charge in [0.15, 0.2) is 11.5 Å². The van der Waals surface area contributed by atoms with Crippen LogP contribution in [0.1, 0.15) is 24.0 Å². The highest BCUT2D eigenvalue weighted by Gasteiger charge is 2.36. The highest BCUT2D eigenvalue weighted by Crippen LogP contribution is 2.44. The molecule has 21 heavy (non-hydrogen) atoms. The largest absolute Gasteiger partial charge is 0.493 e. The van der Waals surface area contributed by atoms with Crippen LogP contribution in [0.3, 0.4) is 0 Å². The average Bonchev–Trinajstić information content (AvgIpc) is 2.46. The van der Waals surface area contributed by atoms with Gasteiger partial charge in [0.05, 0.1) is 14.2 Å². The van der Waals surface area contributed by atoms with Crippen LogP contribution in [0.2, 0.25) is 0 Å². The third kappa shape index (κ3) is 3.61. The number of nitrogens with one attached hydrogen (secondary N) is 1. The van der Waals surface area contributed by atoms with E-state index in [2.05, 4.69) is 5.32 Å². The molecule has 118 valence electrons. The lowest BCUT2D eigenvalue weighted by Crippen LogP contribution is -2.31. The fraction of sp³-hybridized carbons (Fsp3) is 0.600. The lowest BCUT2D eigenvalue weighted by molar-refractivity contribution is -0.138. The summed E-state index contributed by atoms with van der Waals surface area (Å²) >= 11 is 0. The maximum atomic E-state index is 13.0. The molecule has 1 atom stereocenters. The van der Waals surface area contributed by atoms with Crippen molar-refractivity contribution in [3.05, 3.63) is 23.3 Å². The van der Waals surface area contributed by atoms with Gasteiger partial charge in [-0.1, -0.05) is 6.07 Å². The first-order chi connectivity index (χ1) is 9.97. The lowest BCUT2D eigenvalue weighted by atomic mass is 9.91. The Labute approximate surface area is 122 Å². The number of piperidine rings is 1. The summed E-state index contributed by atoms with van der Waals surface area (Å²) in [5, 5.41) is 3.30. The molecule has 1 aliphatic heterocycles. The maximum Gasteiger partial charge on any atom is 0.420 e. The van der Waals surface area contributed by atoms with Crippen molar-refractivity contribution >= 4 is 0 Å². The molecule has 0 spiro atoms. The number of benzene rings is 1. The van der Waals surface area contributed by atoms with Crippen molar-refractivity contribution in [2.75, 3.05) is 27.3 Å². The van der Waals surface area contributed by atoms with Crippen LogP contribution >= 0.6 is 0 Å². The normalized spacial score (nSPS) is 19.4. The Bertz CT molecular complexity index is 483. The molecule has 0 saturated carbocycles. The number of ether oxygens (including phenoxy) is 2. The van der Waals surface area contributed by atoms with Crippen LogP contribution in [0.25, 0.3) is 0 Å². The molecule has 0 aromatic heterocycles. The number of hydrogen-bond acceptors (Lipinski definition) is 3. The summed E-state index contributed by atoms with van der Waals surface area (Å²) in [5.41, 5.74) is -0.0385. The second kappa shape index (κ2) is 6.56. The van der Waals surface area contributed by atoms with Crippen LogP contribution in [0.4, 0.5) is 13.2 Å². The zero-order valence-corrected chi connectivity index (χ0v) is 12.2. The van der Waals surface area contributed by atoms with Crippen molar-refractivity contribution in [2.45, 2.75) is 25.4 Å². The Balaban J connectivity index is 2.33. The number of rotatable bonds is 4. The van der Waals surface area contributed by atoms with Gasteiger partial charge in [-0.25, -0.2) is 0 Å². The Morgan fingerprint density at radius 3 is 2.43 bits per heavy atom. The molecule has 6 heteroatoms. The summed E-state index contributed by atoms with van der Waals surface area (Å²) in [7, 11) is 2.61. The molecule has 0 bridgehead atoms. The van der Waals surface area contributed by atoms with Gasteiger partial charge in [-0.2, -0.15) is 13.2 Å². The third-order valence-electron chi connectivity index (χ3n) is 3.81. The summed E-state index contributed by atoms with van der Waals surface area (Å²) in [6.07, 6.45) is -1.61. The average molecular weight is 303 g/mol. The molecule has 0 radical (unpaired) electrons. The van der Waals surface area contributed by atoms with E-state index in [1.54, 1.807) is 0 Å². The minimum Gasteiger partial charge on any atom is -0.493 e. The Morgan fingerprint density at radius 2 is 1.90 bits per heavy atom. The number of halogens is 3. The first-order valence-electron chi connectivity index (χ1n) is 6.99. The number of alkyl halides is 3. The van der Waals surface area contributed by atoms with E-state index < -0.39 is 11.7 Å². The van der Waals surface area contributed by atoms with Crippen molar-refractivity contribution in [1.29, 1.82) is 0 Å². The molecule has 1 N–H and O–H groups in total. The van der Waals surface area contributed by atoms with Gasteiger partial charge in [0.1, 0.15) is 5.56 Å². The van der Waals surface area contributed by atoms with Crippen LogP contribution in [0.15, 0.2) is 12.1 Å². The SMILES string of the molecule is COc1c(CC2CCCNC2)ccc(C(F)(F)F)c1OC. The zero-order valence-electron chi connectivity index (χ0n) is 12.2. The number of methoxy groups -OCH3 is 2. The maximum absolute atomic E-state index is 13.0. The zero-order chi connectivity index (χ0) is 15.5. The van der Waals surface area contributed by atoms with Gasteiger partial charge in [-0.3, -0.25) is 0 Å². The molecule has 0 aliphatic carbocycles. The predicted octanol–water partition coefficient (Wildman–Crippen LogP) is 3.26. The van der Waals surface area contributed by atoms with E-state index in [0.29, 0.717) is 12.3 Å². The van der Waals surface area contributed by atoms with Crippen LogP contribution in [-0.2, 0) is 12.6 Å². The van der Waals surface area contributed by atoms with Gasteiger partial charge in [-0.05, 0) is 49.9 Å². The molecular formula is C15H20F3NO2. The van der Waals surface area contributed by atoms with E-state index in [1.165, 1.54) is 20.3 Å². The van der Waals surface area contributed by atoms with Crippen molar-refractivity contribution < 1.29 is 22.6 Å². The second-order valence-electron chi connectivity index (χ2n) is 5.25. The quantitative estimate of drug-likeness (QED) is 0.926. The Hall–Kier alpha value is -1.43. The molecule has 0 amide bonds. The lowest BCUT2D eigenvalue weighted by Gasteiger charge is -2.24. The Morgan fingerprint density at radius 1 is 1.19 bits per heavy atom. The highest BCUT2D eigenvalue weighted by atomic mass is 19.4. The van der Waals surface area contributed by atoms with E-state index in [4.69, 9.17) is 9.47 Å². The molecule has 1 saturated heterocycles. The van der Waals surface area contributed by atoms with Gasteiger partial charge in [0.25, 0.3) is 0 Å². The van der Waals surface area contributed by atoms with E-state index in [-0.39, 0.29) is 11.5 Å². The van der Waals surface area contributed by atoms with Crippen LogP contribution in [0.5, 0.6) is 11.5 Å². The monoisotopic (exact) mass is 303 g/mol. The summed E-state index contributed by atoms with van der Waals surface area (Å²) in [5.74, 6) is 0.373. The smallest absolute Gasteiger partial charge is 0.420 e. The van der Waals surface area contributed by atoms with E-state index in [9.17, 15) is 13.2 Å². The minimum absolute atomic E-state index is 0.192. The molecular weight excluding hydrogens is 283 g/mol. The van der Waals surface area contributed by atoms with Crippen LogP contribution < -0.4 is 14.8 Å². The molecule has 1 aromatic carbocycles. The first kappa shape index (κ1) is 15.9. The summed E-state index contributed by atoms with van der Waals surface area (Å²) in [6, 6.07) is 2.58. The standard InChI is InChI=1S/C15H20F3NO2/c1-20-13-11(8-10-4-3-7-19-9-10)5-6-12(14(13)21-2)15(16,17)18/h5-6,10,19H,3-4,7-9H2,1-2H3. The topological polar surface area (TPSA) is 30.5 Å². The minimum atomic E-state index is -4.45. The van der Waals surface area contributed by atoms with Gasteiger partial charge in [-0.15, -0.1) is 0 Å². The van der Waals surface area contributed by atoms with Crippen molar-refractivity contribution in [3.63, 3.8) is 0 Å². The van der Waals surface area contributed by atoms with Gasteiger partial charge < -0.3 is 14.8 Å². The molecule has 2 rings (SSSR count). The molecule has 1 unspecified atom stereocenters. The molecule has 1 aliphatic rings. The molecule has 1 heterocycles. The predicted molar refractivity (Wildman–Crippen MR) is 73.8 cm³/mol. The fourth-order valence-electron chi connectivity index (χ4n) is 2.82. The Kier molecular flexibility index (Phi) is 4.98. The molecule has 1 fully saturated rings. The van der Waals surface area contributed by atoms with Crippen LogP contribution in [-0.4, -0.2) is 27.3 Å². The summed E-state index contributed by atoms with van der Waals surface area (Å²) < 4.78 is 49.2. The van der Waals surface area contributed by atoms with Gasteiger partial charge >= 0.3 is 6.18 Å². The second-order valence-corrected chi connectivity index (χ2v) is 5.25. The van der Waals surface area contributed by atoms with Crippen LogP contribution in [0, 0.1) is 5.92 Å². The van der Waals surface area contributed by atoms with E-state index in [0.717, 1.165) is 37.6 Å². The first-order valence-corrected chi connectivity index (χ1v) is 6.99. The summed E-state index contributed by atoms with van der Waals surface area (Å²) in [4.78, 5) is 0. The fourth-order valence-corrected chi connectivity index (χ4v) is 2.82. The molecule has 3 nitrogen and oxygen atoms in total. The van der Waals surface area contributed by atoms with E-state index >= 15 is 0 Å². The van der Waals surface area contributed by atoms with Gasteiger partial charge in [0, 0.05) is 0 Å². The van der Waals surface area contributed by atoms with Crippen molar-refractivity contribution in [3.8, 4) is 11.5 Å². The van der Waals surface area contributed by atoms with Gasteiger partial charge in [0.2, 0.25) is 0 Å². The van der Waals surface area contributed by atoms with Crippen molar-refractivity contribution in [2.24, 2.45) is 5.92 Å². The third-order valence-corrected chi connectivity index (χ3v) is 3.81. The number of hydrogen-bond donors (Lipinski definition) is 1. The van der Waals surface area contributed by atoms with E-state index in [1.807, 2.05) is 0 Å². The van der Waals surface area contributed by atoms with Crippen molar-refractivity contribution in [1.82, 2.24) is 5.32 Å².